The third-order valence-electron chi connectivity index (χ3n) is 7.80. The van der Waals surface area contributed by atoms with Gasteiger partial charge >= 0.3 is 5.97 Å². The zero-order chi connectivity index (χ0) is 23.6. The van der Waals surface area contributed by atoms with E-state index in [0.717, 1.165) is 23.9 Å². The van der Waals surface area contributed by atoms with Crippen LogP contribution in [0.15, 0.2) is 41.3 Å². The zero-order valence-corrected chi connectivity index (χ0v) is 18.8. The van der Waals surface area contributed by atoms with E-state index < -0.39 is 60.9 Å². The number of hydrogen-bond acceptors (Lipinski definition) is 6. The van der Waals surface area contributed by atoms with Crippen molar-refractivity contribution in [1.82, 2.24) is 0 Å². The highest BCUT2D eigenvalue weighted by atomic mass is 32.2. The monoisotopic (exact) mass is 475 g/mol. The predicted molar refractivity (Wildman–Crippen MR) is 115 cm³/mol. The van der Waals surface area contributed by atoms with Gasteiger partial charge in [-0.3, -0.25) is 4.79 Å². The molecular formula is C24H23F2NO5S. The lowest BCUT2D eigenvalue weighted by Crippen LogP contribution is -2.68. The summed E-state index contributed by atoms with van der Waals surface area (Å²) in [5.74, 6) is -2.95. The fraction of sp³-hybridized carbons (Fsp3) is 0.417. The topological polar surface area (TPSA) is 93.5 Å². The van der Waals surface area contributed by atoms with Crippen molar-refractivity contribution in [2.24, 2.45) is 10.8 Å². The van der Waals surface area contributed by atoms with Gasteiger partial charge in [0.1, 0.15) is 17.2 Å². The third kappa shape index (κ3) is 2.48. The van der Waals surface area contributed by atoms with Crippen LogP contribution in [0.5, 0.6) is 5.75 Å². The first kappa shape index (κ1) is 22.0. The SMILES string of the molecule is Cc1ccc(S(=O)(=O)C23CCCC4(CCOC4=O)C2(C=N)COc2c(F)ccc(F)c23)cc1. The maximum absolute atomic E-state index is 15.6. The van der Waals surface area contributed by atoms with E-state index in [1.165, 1.54) is 12.1 Å². The van der Waals surface area contributed by atoms with E-state index in [9.17, 15) is 17.6 Å². The highest BCUT2D eigenvalue weighted by Crippen LogP contribution is 2.69. The van der Waals surface area contributed by atoms with Gasteiger partial charge in [-0.2, -0.15) is 0 Å². The van der Waals surface area contributed by atoms with Crippen LogP contribution in [0.4, 0.5) is 8.78 Å². The number of hydrogen-bond donors (Lipinski definition) is 1. The molecule has 1 N–H and O–H groups in total. The van der Waals surface area contributed by atoms with Gasteiger partial charge in [0.05, 0.1) is 27.9 Å². The molecule has 0 bridgehead atoms. The lowest BCUT2D eigenvalue weighted by Gasteiger charge is -2.59. The lowest BCUT2D eigenvalue weighted by molar-refractivity contribution is -0.157. The molecule has 2 aliphatic heterocycles. The van der Waals surface area contributed by atoms with Crippen molar-refractivity contribution in [3.8, 4) is 5.75 Å². The molecule has 3 atom stereocenters. The number of cyclic esters (lactones) is 1. The first-order valence-electron chi connectivity index (χ1n) is 10.8. The maximum atomic E-state index is 15.6. The zero-order valence-electron chi connectivity index (χ0n) is 18.0. The second kappa shape index (κ2) is 7.09. The van der Waals surface area contributed by atoms with Gasteiger partial charge in [-0.1, -0.05) is 24.1 Å². The standard InChI is InChI=1S/C24H23F2NO5S/c1-15-3-5-16(6-4-15)33(29,30)24-10-2-9-22(11-12-31-21(22)28)23(24,13-27)14-32-20-18(26)8-7-17(25)19(20)24/h3-8,13,27H,2,9-12,14H2,1H3. The van der Waals surface area contributed by atoms with Gasteiger partial charge < -0.3 is 14.9 Å². The molecule has 0 amide bonds. The van der Waals surface area contributed by atoms with Gasteiger partial charge in [-0.25, -0.2) is 17.2 Å². The van der Waals surface area contributed by atoms with Crippen LogP contribution in [0.2, 0.25) is 0 Å². The normalized spacial score (nSPS) is 30.8. The Morgan fingerprint density at radius 3 is 2.33 bits per heavy atom. The number of rotatable bonds is 3. The number of sulfone groups is 1. The van der Waals surface area contributed by atoms with Crippen molar-refractivity contribution in [3.63, 3.8) is 0 Å². The van der Waals surface area contributed by atoms with Gasteiger partial charge in [0.25, 0.3) is 0 Å². The van der Waals surface area contributed by atoms with E-state index in [4.69, 9.17) is 14.9 Å². The fourth-order valence-electron chi connectivity index (χ4n) is 6.23. The number of carbonyl (C=O) groups excluding carboxylic acids is 1. The molecule has 3 unspecified atom stereocenters. The Morgan fingerprint density at radius 1 is 1.00 bits per heavy atom. The Kier molecular flexibility index (Phi) is 4.73. The van der Waals surface area contributed by atoms with Gasteiger partial charge in [0.2, 0.25) is 0 Å². The quantitative estimate of drug-likeness (QED) is 0.533. The Hall–Kier alpha value is -2.81. The fourth-order valence-corrected chi connectivity index (χ4v) is 8.79. The van der Waals surface area contributed by atoms with E-state index in [1.807, 2.05) is 0 Å². The molecule has 0 radical (unpaired) electrons. The van der Waals surface area contributed by atoms with Crippen LogP contribution < -0.4 is 4.74 Å². The molecule has 1 saturated heterocycles. The van der Waals surface area contributed by atoms with E-state index in [0.29, 0.717) is 0 Å². The van der Waals surface area contributed by atoms with Gasteiger partial charge in [0, 0.05) is 6.21 Å². The van der Waals surface area contributed by atoms with Crippen molar-refractivity contribution < 1.29 is 31.5 Å². The number of ether oxygens (including phenoxy) is 2. The van der Waals surface area contributed by atoms with Crippen molar-refractivity contribution in [1.29, 1.82) is 5.41 Å². The molecule has 9 heteroatoms. The summed E-state index contributed by atoms with van der Waals surface area (Å²) in [4.78, 5) is 13.1. The Bertz CT molecular complexity index is 1280. The van der Waals surface area contributed by atoms with E-state index in [2.05, 4.69) is 0 Å². The first-order chi connectivity index (χ1) is 15.7. The first-order valence-corrected chi connectivity index (χ1v) is 12.3. The van der Waals surface area contributed by atoms with Crippen LogP contribution in [-0.4, -0.2) is 33.8 Å². The molecule has 0 aromatic heterocycles. The Morgan fingerprint density at radius 2 is 1.70 bits per heavy atom. The molecule has 3 aliphatic rings. The molecule has 174 valence electrons. The molecule has 1 saturated carbocycles. The predicted octanol–water partition coefficient (Wildman–Crippen LogP) is 4.09. The highest BCUT2D eigenvalue weighted by Gasteiger charge is 2.76. The number of esters is 1. The molecule has 5 rings (SSSR count). The molecule has 33 heavy (non-hydrogen) atoms. The summed E-state index contributed by atoms with van der Waals surface area (Å²) in [7, 11) is -4.46. The number of fused-ring (bicyclic) bond motifs is 4. The Balaban J connectivity index is 1.94. The Labute approximate surface area is 190 Å². The molecule has 6 nitrogen and oxygen atoms in total. The number of aryl methyl sites for hydroxylation is 1. The van der Waals surface area contributed by atoms with Crippen LogP contribution >= 0.6 is 0 Å². The summed E-state index contributed by atoms with van der Waals surface area (Å²) in [6.07, 6.45) is 1.51. The summed E-state index contributed by atoms with van der Waals surface area (Å²) in [6, 6.07) is 7.86. The summed E-state index contributed by atoms with van der Waals surface area (Å²) >= 11 is 0. The second-order valence-corrected chi connectivity index (χ2v) is 11.3. The smallest absolute Gasteiger partial charge is 0.313 e. The van der Waals surface area contributed by atoms with Crippen molar-refractivity contribution >= 4 is 22.0 Å². The van der Waals surface area contributed by atoms with Crippen LogP contribution in [-0.2, 0) is 24.1 Å². The molecule has 2 fully saturated rings. The molecule has 2 aromatic carbocycles. The van der Waals surface area contributed by atoms with Gasteiger partial charge in [-0.15, -0.1) is 0 Å². The highest BCUT2D eigenvalue weighted by molar-refractivity contribution is 7.92. The van der Waals surface area contributed by atoms with Gasteiger partial charge in [0.15, 0.2) is 21.4 Å². The van der Waals surface area contributed by atoms with Gasteiger partial charge in [-0.05, 0) is 50.5 Å². The van der Waals surface area contributed by atoms with Crippen LogP contribution in [0.25, 0.3) is 0 Å². The molecule has 1 aliphatic carbocycles. The minimum atomic E-state index is -4.46. The number of carbonyl (C=O) groups is 1. The summed E-state index contributed by atoms with van der Waals surface area (Å²) < 4.78 is 68.2. The maximum Gasteiger partial charge on any atom is 0.313 e. The van der Waals surface area contributed by atoms with Crippen molar-refractivity contribution in [2.45, 2.75) is 42.2 Å². The number of halogens is 2. The largest absolute Gasteiger partial charge is 0.489 e. The van der Waals surface area contributed by atoms with E-state index >= 15 is 4.39 Å². The van der Waals surface area contributed by atoms with E-state index in [-0.39, 0.29) is 37.2 Å². The van der Waals surface area contributed by atoms with Crippen molar-refractivity contribution in [2.75, 3.05) is 13.2 Å². The third-order valence-corrected chi connectivity index (χ3v) is 10.4. The number of benzene rings is 2. The molecule has 2 heterocycles. The van der Waals surface area contributed by atoms with Crippen LogP contribution in [0.3, 0.4) is 0 Å². The van der Waals surface area contributed by atoms with Crippen molar-refractivity contribution in [3.05, 3.63) is 59.2 Å². The number of nitrogens with one attached hydrogen (secondary N) is 1. The summed E-state index contributed by atoms with van der Waals surface area (Å²) in [5, 5.41) is 8.47. The van der Waals surface area contributed by atoms with Crippen LogP contribution in [0.1, 0.15) is 36.8 Å². The lowest BCUT2D eigenvalue weighted by atomic mass is 9.49. The average molecular weight is 476 g/mol. The van der Waals surface area contributed by atoms with E-state index in [1.54, 1.807) is 19.1 Å². The molecule has 1 spiro atoms. The minimum absolute atomic E-state index is 0.0631. The summed E-state index contributed by atoms with van der Waals surface area (Å²) in [6.45, 7) is 1.41. The second-order valence-electron chi connectivity index (χ2n) is 9.10. The molecular weight excluding hydrogens is 452 g/mol. The van der Waals surface area contributed by atoms with Crippen LogP contribution in [0, 0.1) is 34.8 Å². The average Bonchev–Trinajstić information content (AvgIpc) is 3.17. The molecule has 2 aromatic rings. The minimum Gasteiger partial charge on any atom is -0.489 e. The summed E-state index contributed by atoms with van der Waals surface area (Å²) in [5.41, 5.74) is -2.80.